The number of carbonyl (C=O) groups excluding carboxylic acids is 2. The molecule has 0 aliphatic heterocycles. The summed E-state index contributed by atoms with van der Waals surface area (Å²) in [5.41, 5.74) is 0.960. The number of halogens is 3. The van der Waals surface area contributed by atoms with Crippen LogP contribution in [0.1, 0.15) is 29.4 Å². The van der Waals surface area contributed by atoms with Crippen molar-refractivity contribution in [3.8, 4) is 5.75 Å². The first-order chi connectivity index (χ1) is 16.4. The van der Waals surface area contributed by atoms with Crippen molar-refractivity contribution in [2.45, 2.75) is 30.4 Å². The fourth-order valence-corrected chi connectivity index (χ4v) is 5.35. The van der Waals surface area contributed by atoms with E-state index >= 15 is 0 Å². The Morgan fingerprint density at radius 3 is 2.29 bits per heavy atom. The van der Waals surface area contributed by atoms with Crippen LogP contribution in [0.2, 0.25) is 15.1 Å². The Balaban J connectivity index is 1.81. The number of phenols is 1. The van der Waals surface area contributed by atoms with Crippen LogP contribution >= 0.6 is 34.8 Å². The number of nitrogens with zero attached hydrogens (tertiary/aromatic N) is 1. The average molecular weight is 557 g/mol. The van der Waals surface area contributed by atoms with Gasteiger partial charge in [0.2, 0.25) is 5.91 Å². The SMILES string of the molecule is CCC(C(=O)Nc1cc(O)c(NC(=O)c2ccc(C)nc2)cc1Cl)S(=O)(=O)c1ccc(Cl)c(Cl)c1. The zero-order valence-corrected chi connectivity index (χ0v) is 21.6. The maximum absolute atomic E-state index is 13.0. The minimum atomic E-state index is -4.11. The summed E-state index contributed by atoms with van der Waals surface area (Å²) in [4.78, 5) is 29.2. The Labute approximate surface area is 217 Å². The summed E-state index contributed by atoms with van der Waals surface area (Å²) in [6.07, 6.45) is 1.34. The van der Waals surface area contributed by atoms with Gasteiger partial charge in [-0.15, -0.1) is 0 Å². The molecule has 0 spiro atoms. The number of benzene rings is 2. The molecule has 3 rings (SSSR count). The molecule has 1 heterocycles. The molecule has 35 heavy (non-hydrogen) atoms. The van der Waals surface area contributed by atoms with E-state index in [1.165, 1.54) is 37.4 Å². The smallest absolute Gasteiger partial charge is 0.257 e. The third kappa shape index (κ3) is 6.05. The first kappa shape index (κ1) is 26.7. The second-order valence-electron chi connectivity index (χ2n) is 7.50. The van der Waals surface area contributed by atoms with Gasteiger partial charge in [0.1, 0.15) is 11.0 Å². The molecule has 1 unspecified atom stereocenters. The molecule has 3 aromatic rings. The number of aromatic hydroxyl groups is 1. The molecule has 3 N–H and O–H groups in total. The molecule has 1 aromatic heterocycles. The van der Waals surface area contributed by atoms with Crippen LogP contribution in [0.25, 0.3) is 0 Å². The molecule has 0 radical (unpaired) electrons. The fraction of sp³-hybridized carbons (Fsp3) is 0.174. The van der Waals surface area contributed by atoms with E-state index in [-0.39, 0.29) is 43.3 Å². The Kier molecular flexibility index (Phi) is 8.27. The third-order valence-corrected chi connectivity index (χ3v) is 8.28. The standard InChI is InChI=1S/C23H20Cl3N3O5S/c1-3-21(35(33,34)14-6-7-15(24)16(25)8-14)23(32)28-18-10-20(30)19(9-17(18)26)29-22(31)13-5-4-12(2)27-11-13/h4-11,21,30H,3H2,1-2H3,(H,28,32)(H,29,31). The lowest BCUT2D eigenvalue weighted by atomic mass is 10.2. The van der Waals surface area contributed by atoms with Gasteiger partial charge in [-0.3, -0.25) is 14.6 Å². The summed E-state index contributed by atoms with van der Waals surface area (Å²) in [5, 5.41) is 14.0. The highest BCUT2D eigenvalue weighted by Crippen LogP contribution is 2.35. The number of pyridine rings is 1. The molecule has 0 saturated carbocycles. The summed E-state index contributed by atoms with van der Waals surface area (Å²) in [7, 11) is -4.11. The molecule has 12 heteroatoms. The van der Waals surface area contributed by atoms with E-state index in [1.807, 2.05) is 0 Å². The van der Waals surface area contributed by atoms with E-state index in [2.05, 4.69) is 15.6 Å². The molecule has 2 amide bonds. The molecule has 0 saturated heterocycles. The number of rotatable bonds is 7. The van der Waals surface area contributed by atoms with Gasteiger partial charge in [-0.05, 0) is 49.7 Å². The fourth-order valence-electron chi connectivity index (χ4n) is 3.13. The third-order valence-electron chi connectivity index (χ3n) is 5.02. The van der Waals surface area contributed by atoms with E-state index < -0.39 is 32.7 Å². The quantitative estimate of drug-likeness (QED) is 0.330. The van der Waals surface area contributed by atoms with Gasteiger partial charge in [0.05, 0.1) is 36.9 Å². The number of anilines is 2. The number of nitrogens with one attached hydrogen (secondary N) is 2. The van der Waals surface area contributed by atoms with Crippen molar-refractivity contribution in [1.82, 2.24) is 4.98 Å². The first-order valence-corrected chi connectivity index (χ1v) is 12.9. The van der Waals surface area contributed by atoms with Crippen LogP contribution < -0.4 is 10.6 Å². The van der Waals surface area contributed by atoms with Gasteiger partial charge < -0.3 is 15.7 Å². The molecule has 0 fully saturated rings. The molecule has 0 bridgehead atoms. The normalized spacial score (nSPS) is 12.1. The van der Waals surface area contributed by atoms with Gasteiger partial charge in [-0.2, -0.15) is 0 Å². The lowest BCUT2D eigenvalue weighted by molar-refractivity contribution is -0.115. The summed E-state index contributed by atoms with van der Waals surface area (Å²) >= 11 is 18.0. The van der Waals surface area contributed by atoms with Crippen molar-refractivity contribution < 1.29 is 23.1 Å². The molecule has 0 aliphatic carbocycles. The van der Waals surface area contributed by atoms with Crippen LogP contribution in [0.15, 0.2) is 53.6 Å². The summed E-state index contributed by atoms with van der Waals surface area (Å²) in [6.45, 7) is 3.32. The minimum Gasteiger partial charge on any atom is -0.506 e. The summed E-state index contributed by atoms with van der Waals surface area (Å²) in [5.74, 6) is -1.78. The van der Waals surface area contributed by atoms with Gasteiger partial charge in [0.25, 0.3) is 5.91 Å². The van der Waals surface area contributed by atoms with Crippen LogP contribution in [0.5, 0.6) is 5.75 Å². The second kappa shape index (κ2) is 10.8. The number of hydrogen-bond donors (Lipinski definition) is 3. The van der Waals surface area contributed by atoms with Gasteiger partial charge >= 0.3 is 0 Å². The summed E-state index contributed by atoms with van der Waals surface area (Å²) in [6, 6.07) is 9.35. The minimum absolute atomic E-state index is 0.00552. The van der Waals surface area contributed by atoms with Crippen molar-refractivity contribution in [2.24, 2.45) is 0 Å². The number of hydrogen-bond acceptors (Lipinski definition) is 6. The van der Waals surface area contributed by atoms with Crippen molar-refractivity contribution in [3.63, 3.8) is 0 Å². The van der Waals surface area contributed by atoms with E-state index in [0.29, 0.717) is 0 Å². The van der Waals surface area contributed by atoms with Crippen molar-refractivity contribution in [3.05, 3.63) is 75.0 Å². The number of aryl methyl sites for hydroxylation is 1. The first-order valence-electron chi connectivity index (χ1n) is 10.2. The van der Waals surface area contributed by atoms with Gasteiger partial charge in [-0.1, -0.05) is 41.7 Å². The van der Waals surface area contributed by atoms with Crippen LogP contribution in [-0.4, -0.2) is 35.6 Å². The van der Waals surface area contributed by atoms with Crippen LogP contribution in [0.4, 0.5) is 11.4 Å². The van der Waals surface area contributed by atoms with Crippen LogP contribution in [-0.2, 0) is 14.6 Å². The zero-order valence-electron chi connectivity index (χ0n) is 18.5. The van der Waals surface area contributed by atoms with Gasteiger partial charge in [-0.25, -0.2) is 8.42 Å². The number of sulfone groups is 1. The van der Waals surface area contributed by atoms with Crippen LogP contribution in [0.3, 0.4) is 0 Å². The molecular formula is C23H20Cl3N3O5S. The van der Waals surface area contributed by atoms with E-state index in [1.54, 1.807) is 19.1 Å². The van der Waals surface area contributed by atoms with Crippen molar-refractivity contribution in [1.29, 1.82) is 0 Å². The van der Waals surface area contributed by atoms with Crippen LogP contribution in [0, 0.1) is 6.92 Å². The van der Waals surface area contributed by atoms with E-state index in [4.69, 9.17) is 34.8 Å². The highest BCUT2D eigenvalue weighted by molar-refractivity contribution is 7.92. The lowest BCUT2D eigenvalue weighted by Crippen LogP contribution is -2.34. The maximum atomic E-state index is 13.0. The molecular weight excluding hydrogens is 537 g/mol. The number of carbonyl (C=O) groups is 2. The topological polar surface area (TPSA) is 125 Å². The highest BCUT2D eigenvalue weighted by atomic mass is 35.5. The molecule has 184 valence electrons. The van der Waals surface area contributed by atoms with Crippen molar-refractivity contribution >= 4 is 67.8 Å². The molecule has 1 atom stereocenters. The molecule has 2 aromatic carbocycles. The molecule has 0 aliphatic rings. The largest absolute Gasteiger partial charge is 0.506 e. The van der Waals surface area contributed by atoms with Gasteiger partial charge in [0, 0.05) is 18.0 Å². The lowest BCUT2D eigenvalue weighted by Gasteiger charge is -2.18. The number of aromatic nitrogens is 1. The Morgan fingerprint density at radius 1 is 0.971 bits per heavy atom. The molecule has 8 nitrogen and oxygen atoms in total. The zero-order chi connectivity index (χ0) is 25.9. The average Bonchev–Trinajstić information content (AvgIpc) is 2.79. The summed E-state index contributed by atoms with van der Waals surface area (Å²) < 4.78 is 26.1. The number of phenolic OH excluding ortho intramolecular Hbond substituents is 1. The second-order valence-corrected chi connectivity index (χ2v) is 10.9. The predicted molar refractivity (Wildman–Crippen MR) is 136 cm³/mol. The van der Waals surface area contributed by atoms with Crippen molar-refractivity contribution in [2.75, 3.05) is 10.6 Å². The Morgan fingerprint density at radius 2 is 1.69 bits per heavy atom. The monoisotopic (exact) mass is 555 g/mol. The number of amides is 2. The predicted octanol–water partition coefficient (Wildman–Crippen LogP) is 5.50. The highest BCUT2D eigenvalue weighted by Gasteiger charge is 2.33. The van der Waals surface area contributed by atoms with Gasteiger partial charge in [0.15, 0.2) is 9.84 Å². The van der Waals surface area contributed by atoms with E-state index in [0.717, 1.165) is 11.8 Å². The Bertz CT molecular complexity index is 1400. The maximum Gasteiger partial charge on any atom is 0.257 e. The van der Waals surface area contributed by atoms with E-state index in [9.17, 15) is 23.1 Å². The Hall–Kier alpha value is -2.85.